The van der Waals surface area contributed by atoms with Crippen LogP contribution in [0, 0.1) is 0 Å². The topological polar surface area (TPSA) is 71.1 Å². The molecule has 3 heterocycles. The minimum Gasteiger partial charge on any atom is -0.454 e. The molecule has 3 aliphatic heterocycles. The van der Waals surface area contributed by atoms with E-state index in [0.717, 1.165) is 0 Å². The first kappa shape index (κ1) is 19.6. The van der Waals surface area contributed by atoms with E-state index < -0.39 is 24.9 Å². The number of nitrogens with one attached hydrogen (secondary N) is 1. The van der Waals surface area contributed by atoms with Crippen molar-refractivity contribution in [2.75, 3.05) is 39.5 Å². The Morgan fingerprint density at radius 2 is 1.74 bits per heavy atom. The molecule has 27 heavy (non-hydrogen) atoms. The summed E-state index contributed by atoms with van der Waals surface area (Å²) in [5.41, 5.74) is 0.492. The van der Waals surface area contributed by atoms with Gasteiger partial charge in [-0.25, -0.2) is 8.78 Å². The van der Waals surface area contributed by atoms with E-state index in [0.29, 0.717) is 43.2 Å². The second-order valence-electron chi connectivity index (χ2n) is 6.68. The molecular formula is C17H20ClF2N3O4. The molecule has 0 aliphatic carbocycles. The zero-order chi connectivity index (χ0) is 18.3. The van der Waals surface area contributed by atoms with Gasteiger partial charge >= 0.3 is 0 Å². The standard InChI is InChI=1S/C17H19F2N3O4.ClH/c18-17(19)8-12(20-9-17)16(24)22-5-3-21(4-6-22)15(23)11-1-2-13-14(7-11)26-10-25-13;/h1-2,7,12,20H,3-6,8-10H2;1H. The number of nitrogens with zero attached hydrogens (tertiary/aromatic N) is 2. The van der Waals surface area contributed by atoms with Gasteiger partial charge in [-0.1, -0.05) is 0 Å². The summed E-state index contributed by atoms with van der Waals surface area (Å²) < 4.78 is 37.1. The molecule has 1 atom stereocenters. The number of hydrogen-bond acceptors (Lipinski definition) is 5. The van der Waals surface area contributed by atoms with Crippen LogP contribution in [0.5, 0.6) is 11.5 Å². The third kappa shape index (κ3) is 3.93. The van der Waals surface area contributed by atoms with Gasteiger partial charge < -0.3 is 19.3 Å². The number of amides is 2. The summed E-state index contributed by atoms with van der Waals surface area (Å²) in [5, 5.41) is 2.58. The van der Waals surface area contributed by atoms with Crippen LogP contribution in [0.4, 0.5) is 8.78 Å². The van der Waals surface area contributed by atoms with Crippen LogP contribution in [-0.4, -0.2) is 73.1 Å². The molecule has 7 nitrogen and oxygen atoms in total. The molecule has 1 unspecified atom stereocenters. The molecule has 0 saturated carbocycles. The number of carbonyl (C=O) groups excluding carboxylic acids is 2. The largest absolute Gasteiger partial charge is 0.454 e. The van der Waals surface area contributed by atoms with Gasteiger partial charge in [0.1, 0.15) is 0 Å². The molecule has 1 aromatic rings. The van der Waals surface area contributed by atoms with Crippen LogP contribution in [0.3, 0.4) is 0 Å². The quantitative estimate of drug-likeness (QED) is 0.801. The molecule has 2 saturated heterocycles. The van der Waals surface area contributed by atoms with E-state index in [1.165, 1.54) is 0 Å². The first-order chi connectivity index (χ1) is 12.4. The molecule has 0 radical (unpaired) electrons. The monoisotopic (exact) mass is 403 g/mol. The lowest BCUT2D eigenvalue weighted by molar-refractivity contribution is -0.135. The van der Waals surface area contributed by atoms with Crippen molar-refractivity contribution in [3.05, 3.63) is 23.8 Å². The van der Waals surface area contributed by atoms with Crippen molar-refractivity contribution in [3.8, 4) is 11.5 Å². The average Bonchev–Trinajstić information content (AvgIpc) is 3.25. The molecule has 0 spiro atoms. The Labute approximate surface area is 161 Å². The van der Waals surface area contributed by atoms with Gasteiger partial charge in [0.15, 0.2) is 11.5 Å². The molecule has 0 aromatic heterocycles. The number of alkyl halides is 2. The molecule has 3 aliphatic rings. The number of halogens is 3. The smallest absolute Gasteiger partial charge is 0.262 e. The minimum atomic E-state index is -2.84. The minimum absolute atomic E-state index is 0. The van der Waals surface area contributed by atoms with Crippen LogP contribution < -0.4 is 14.8 Å². The first-order valence-electron chi connectivity index (χ1n) is 8.52. The van der Waals surface area contributed by atoms with Crippen LogP contribution in [0.25, 0.3) is 0 Å². The van der Waals surface area contributed by atoms with Crippen molar-refractivity contribution in [1.82, 2.24) is 15.1 Å². The number of carbonyl (C=O) groups is 2. The number of rotatable bonds is 2. The van der Waals surface area contributed by atoms with E-state index in [9.17, 15) is 18.4 Å². The average molecular weight is 404 g/mol. The number of hydrogen-bond donors (Lipinski definition) is 1. The number of benzene rings is 1. The van der Waals surface area contributed by atoms with E-state index in [1.807, 2.05) is 0 Å². The maximum absolute atomic E-state index is 13.3. The van der Waals surface area contributed by atoms with Gasteiger partial charge in [0, 0.05) is 38.2 Å². The fraction of sp³-hybridized carbons (Fsp3) is 0.529. The molecule has 4 rings (SSSR count). The van der Waals surface area contributed by atoms with Gasteiger partial charge in [-0.2, -0.15) is 0 Å². The lowest BCUT2D eigenvalue weighted by Crippen LogP contribution is -2.54. The number of fused-ring (bicyclic) bond motifs is 1. The van der Waals surface area contributed by atoms with Crippen molar-refractivity contribution in [1.29, 1.82) is 0 Å². The zero-order valence-electron chi connectivity index (χ0n) is 14.5. The highest BCUT2D eigenvalue weighted by molar-refractivity contribution is 5.95. The molecule has 0 bridgehead atoms. The van der Waals surface area contributed by atoms with Crippen molar-refractivity contribution >= 4 is 24.2 Å². The van der Waals surface area contributed by atoms with Gasteiger partial charge in [0.2, 0.25) is 12.7 Å². The predicted molar refractivity (Wildman–Crippen MR) is 93.7 cm³/mol. The van der Waals surface area contributed by atoms with Gasteiger partial charge in [0.05, 0.1) is 12.6 Å². The lowest BCUT2D eigenvalue weighted by Gasteiger charge is -2.36. The molecule has 1 aromatic carbocycles. The Balaban J connectivity index is 0.00000210. The normalized spacial score (nSPS) is 23.1. The summed E-state index contributed by atoms with van der Waals surface area (Å²) in [6, 6.07) is 4.17. The maximum Gasteiger partial charge on any atom is 0.262 e. The molecule has 148 valence electrons. The number of piperazine rings is 1. The summed E-state index contributed by atoms with van der Waals surface area (Å²) in [6.07, 6.45) is -0.470. The molecular weight excluding hydrogens is 384 g/mol. The summed E-state index contributed by atoms with van der Waals surface area (Å²) in [4.78, 5) is 28.2. The van der Waals surface area contributed by atoms with Crippen molar-refractivity contribution in [3.63, 3.8) is 0 Å². The van der Waals surface area contributed by atoms with E-state index in [1.54, 1.807) is 28.0 Å². The van der Waals surface area contributed by atoms with Crippen molar-refractivity contribution in [2.45, 2.75) is 18.4 Å². The van der Waals surface area contributed by atoms with Crippen molar-refractivity contribution < 1.29 is 27.8 Å². The second kappa shape index (κ2) is 7.47. The Morgan fingerprint density at radius 1 is 1.07 bits per heavy atom. The number of ether oxygens (including phenoxy) is 2. The molecule has 1 N–H and O–H groups in total. The highest BCUT2D eigenvalue weighted by Gasteiger charge is 2.44. The van der Waals surface area contributed by atoms with E-state index in [4.69, 9.17) is 9.47 Å². The first-order valence-corrected chi connectivity index (χ1v) is 8.52. The summed E-state index contributed by atoms with van der Waals surface area (Å²) in [7, 11) is 0. The highest BCUT2D eigenvalue weighted by atomic mass is 35.5. The van der Waals surface area contributed by atoms with E-state index in [2.05, 4.69) is 5.32 Å². The Morgan fingerprint density at radius 3 is 2.41 bits per heavy atom. The van der Waals surface area contributed by atoms with Gasteiger partial charge in [-0.3, -0.25) is 14.9 Å². The maximum atomic E-state index is 13.3. The van der Waals surface area contributed by atoms with E-state index >= 15 is 0 Å². The predicted octanol–water partition coefficient (Wildman–Crippen LogP) is 1.12. The molecule has 2 fully saturated rings. The summed E-state index contributed by atoms with van der Waals surface area (Å²) >= 11 is 0. The van der Waals surface area contributed by atoms with Gasteiger partial charge in [-0.15, -0.1) is 12.4 Å². The molecule has 10 heteroatoms. The van der Waals surface area contributed by atoms with Crippen LogP contribution in [0.15, 0.2) is 18.2 Å². The second-order valence-corrected chi connectivity index (χ2v) is 6.68. The van der Waals surface area contributed by atoms with Crippen LogP contribution in [-0.2, 0) is 4.79 Å². The zero-order valence-corrected chi connectivity index (χ0v) is 15.3. The van der Waals surface area contributed by atoms with Crippen LogP contribution >= 0.6 is 12.4 Å². The Kier molecular flexibility index (Phi) is 5.43. The highest BCUT2D eigenvalue weighted by Crippen LogP contribution is 2.33. The van der Waals surface area contributed by atoms with Crippen LogP contribution in [0.1, 0.15) is 16.8 Å². The van der Waals surface area contributed by atoms with Crippen molar-refractivity contribution in [2.24, 2.45) is 0 Å². The summed E-state index contributed by atoms with van der Waals surface area (Å²) in [6.45, 7) is 1.07. The third-order valence-corrected chi connectivity index (χ3v) is 4.91. The van der Waals surface area contributed by atoms with Crippen LogP contribution in [0.2, 0.25) is 0 Å². The fourth-order valence-electron chi connectivity index (χ4n) is 3.45. The fourth-order valence-corrected chi connectivity index (χ4v) is 3.45. The molecule has 2 amide bonds. The Bertz CT molecular complexity index is 741. The Hall–Kier alpha value is -2.13. The summed E-state index contributed by atoms with van der Waals surface area (Å²) in [5.74, 6) is -2.16. The van der Waals surface area contributed by atoms with E-state index in [-0.39, 0.29) is 31.0 Å². The van der Waals surface area contributed by atoms with Gasteiger partial charge in [-0.05, 0) is 18.2 Å². The lowest BCUT2D eigenvalue weighted by atomic mass is 10.1. The third-order valence-electron chi connectivity index (χ3n) is 4.91. The van der Waals surface area contributed by atoms with Gasteiger partial charge in [0.25, 0.3) is 11.8 Å². The SMILES string of the molecule is Cl.O=C(c1ccc2c(c1)OCO2)N1CCN(C(=O)C2CC(F)(F)CN2)CC1.